The van der Waals surface area contributed by atoms with Gasteiger partial charge < -0.3 is 15.2 Å². The molecule has 0 spiro atoms. The molecule has 1 heterocycles. The van der Waals surface area contributed by atoms with Crippen molar-refractivity contribution in [3.63, 3.8) is 0 Å². The first-order chi connectivity index (χ1) is 11.0. The Kier molecular flexibility index (Phi) is 5.50. The van der Waals surface area contributed by atoms with Gasteiger partial charge in [0.25, 0.3) is 12.2 Å². The third-order valence-corrected chi connectivity index (χ3v) is 3.14. The monoisotopic (exact) mass is 316 g/mol. The van der Waals surface area contributed by atoms with Gasteiger partial charge in [-0.1, -0.05) is 5.92 Å². The molecule has 1 aromatic heterocycles. The van der Waals surface area contributed by atoms with Crippen LogP contribution in [0.4, 0.5) is 4.39 Å². The number of rotatable bonds is 7. The molecule has 0 aliphatic heterocycles. The van der Waals surface area contributed by atoms with Crippen molar-refractivity contribution in [3.05, 3.63) is 35.5 Å². The molecule has 0 bridgehead atoms. The Bertz CT molecular complexity index is 755. The second-order valence-electron chi connectivity index (χ2n) is 4.95. The normalized spacial score (nSPS) is 11.9. The van der Waals surface area contributed by atoms with Crippen molar-refractivity contribution in [1.29, 1.82) is 0 Å². The summed E-state index contributed by atoms with van der Waals surface area (Å²) in [6, 6.07) is 5.22. The Balaban J connectivity index is 2.27. The fourth-order valence-corrected chi connectivity index (χ4v) is 2.09. The van der Waals surface area contributed by atoms with E-state index in [-0.39, 0.29) is 13.0 Å². The second-order valence-corrected chi connectivity index (χ2v) is 4.95. The topological polar surface area (TPSA) is 74.4 Å². The van der Waals surface area contributed by atoms with Crippen LogP contribution in [0.25, 0.3) is 10.9 Å². The fourth-order valence-electron chi connectivity index (χ4n) is 2.09. The molecule has 120 valence electrons. The number of pyridine rings is 1. The summed E-state index contributed by atoms with van der Waals surface area (Å²) in [7, 11) is 0. The highest BCUT2D eigenvalue weighted by atomic mass is 19.1. The van der Waals surface area contributed by atoms with E-state index in [1.54, 1.807) is 24.4 Å². The molecule has 2 aromatic rings. The first-order valence-electron chi connectivity index (χ1n) is 7.05. The fraction of sp³-hybridized carbons (Fsp3) is 0.294. The number of primary amides is 1. The molecule has 6 heteroatoms. The van der Waals surface area contributed by atoms with E-state index < -0.39 is 18.9 Å². The van der Waals surface area contributed by atoms with Crippen molar-refractivity contribution in [2.75, 3.05) is 13.3 Å². The molecule has 2 rings (SSSR count). The van der Waals surface area contributed by atoms with Gasteiger partial charge in [0.15, 0.2) is 0 Å². The van der Waals surface area contributed by atoms with Crippen LogP contribution in [0.15, 0.2) is 24.4 Å². The van der Waals surface area contributed by atoms with Gasteiger partial charge in [0.05, 0.1) is 18.8 Å². The van der Waals surface area contributed by atoms with E-state index in [0.717, 1.165) is 16.5 Å². The predicted molar refractivity (Wildman–Crippen MR) is 84.6 cm³/mol. The molecule has 5 nitrogen and oxygen atoms in total. The zero-order chi connectivity index (χ0) is 16.8. The Morgan fingerprint density at radius 1 is 1.48 bits per heavy atom. The van der Waals surface area contributed by atoms with E-state index in [9.17, 15) is 9.18 Å². The van der Waals surface area contributed by atoms with Crippen LogP contribution in [0.1, 0.15) is 17.5 Å². The molecule has 0 radical (unpaired) electrons. The second kappa shape index (κ2) is 7.56. The number of ether oxygens (including phenoxy) is 2. The van der Waals surface area contributed by atoms with Crippen molar-refractivity contribution >= 4 is 16.8 Å². The lowest BCUT2D eigenvalue weighted by Crippen LogP contribution is -2.36. The molecular formula is C17H17FN2O3. The quantitative estimate of drug-likeness (QED) is 0.482. The number of benzene rings is 1. The molecule has 0 fully saturated rings. The van der Waals surface area contributed by atoms with Gasteiger partial charge in [0.1, 0.15) is 5.75 Å². The lowest BCUT2D eigenvalue weighted by Gasteiger charge is -2.17. The number of aryl methyl sites for hydroxylation is 1. The number of amides is 1. The number of fused-ring (bicyclic) bond motifs is 1. The Labute approximate surface area is 133 Å². The maximum Gasteiger partial charge on any atom is 0.287 e. The van der Waals surface area contributed by atoms with Gasteiger partial charge in [-0.25, -0.2) is 0 Å². The van der Waals surface area contributed by atoms with Gasteiger partial charge in [0, 0.05) is 17.1 Å². The van der Waals surface area contributed by atoms with Gasteiger partial charge in [-0.05, 0) is 37.1 Å². The third-order valence-electron chi connectivity index (χ3n) is 3.14. The number of hydrogen-bond donors (Lipinski definition) is 1. The molecule has 0 aliphatic carbocycles. The summed E-state index contributed by atoms with van der Waals surface area (Å²) in [5, 5.41) is 0.780. The molecule has 1 unspecified atom stereocenters. The highest BCUT2D eigenvalue weighted by Crippen LogP contribution is 2.25. The largest absolute Gasteiger partial charge is 0.455 e. The van der Waals surface area contributed by atoms with E-state index in [0.29, 0.717) is 11.3 Å². The van der Waals surface area contributed by atoms with E-state index in [1.165, 1.54) is 0 Å². The first-order valence-corrected chi connectivity index (χ1v) is 7.05. The summed E-state index contributed by atoms with van der Waals surface area (Å²) in [5.41, 5.74) is 7.52. The molecule has 2 N–H and O–H groups in total. The molecular weight excluding hydrogens is 299 g/mol. The molecule has 0 saturated heterocycles. The highest BCUT2D eigenvalue weighted by Gasteiger charge is 2.18. The Morgan fingerprint density at radius 2 is 2.26 bits per heavy atom. The molecule has 1 aromatic carbocycles. The van der Waals surface area contributed by atoms with Crippen molar-refractivity contribution in [2.45, 2.75) is 19.6 Å². The van der Waals surface area contributed by atoms with Gasteiger partial charge in [-0.15, -0.1) is 6.42 Å². The summed E-state index contributed by atoms with van der Waals surface area (Å²) < 4.78 is 22.8. The minimum atomic E-state index is -1.28. The van der Waals surface area contributed by atoms with Crippen LogP contribution in [-0.2, 0) is 9.53 Å². The van der Waals surface area contributed by atoms with Crippen LogP contribution in [0.2, 0.25) is 0 Å². The molecule has 0 aliphatic rings. The van der Waals surface area contributed by atoms with Crippen LogP contribution in [0, 0.1) is 19.3 Å². The summed E-state index contributed by atoms with van der Waals surface area (Å²) in [5.74, 6) is 2.13. The zero-order valence-corrected chi connectivity index (χ0v) is 12.7. The predicted octanol–water partition coefficient (Wildman–Crippen LogP) is 2.09. The minimum Gasteiger partial charge on any atom is -0.455 e. The van der Waals surface area contributed by atoms with Crippen LogP contribution < -0.4 is 10.5 Å². The lowest BCUT2D eigenvalue weighted by atomic mass is 10.1. The van der Waals surface area contributed by atoms with Gasteiger partial charge >= 0.3 is 0 Å². The highest BCUT2D eigenvalue weighted by molar-refractivity contribution is 5.84. The van der Waals surface area contributed by atoms with E-state index in [2.05, 4.69) is 10.9 Å². The van der Waals surface area contributed by atoms with E-state index in [4.69, 9.17) is 21.6 Å². The summed E-state index contributed by atoms with van der Waals surface area (Å²) in [6.45, 7) is 1.36. The molecule has 23 heavy (non-hydrogen) atoms. The third kappa shape index (κ3) is 4.18. The maximum atomic E-state index is 12.1. The van der Waals surface area contributed by atoms with Crippen molar-refractivity contribution in [3.8, 4) is 18.1 Å². The molecule has 0 saturated carbocycles. The van der Waals surface area contributed by atoms with E-state index >= 15 is 0 Å². The van der Waals surface area contributed by atoms with Crippen molar-refractivity contribution in [1.82, 2.24) is 4.98 Å². The standard InChI is InChI=1S/C17H17FN2O3/c1-3-12-8-13-9-14(7-11(2)15(13)20-10-12)23-17(16(19)21)22-6-4-5-18/h1,7-10,17H,4-6H2,2H3,(H2,19,21). The number of aromatic nitrogens is 1. The van der Waals surface area contributed by atoms with Gasteiger partial charge in [-0.3, -0.25) is 14.2 Å². The Hall–Kier alpha value is -2.65. The summed E-state index contributed by atoms with van der Waals surface area (Å²) >= 11 is 0. The summed E-state index contributed by atoms with van der Waals surface area (Å²) in [6.07, 6.45) is 5.88. The number of alkyl halides is 1. The molecule has 1 amide bonds. The minimum absolute atomic E-state index is 0.0411. The number of carbonyl (C=O) groups excluding carboxylic acids is 1. The number of terminal acetylenes is 1. The van der Waals surface area contributed by atoms with Crippen LogP contribution in [-0.4, -0.2) is 30.5 Å². The number of hydrogen-bond acceptors (Lipinski definition) is 4. The van der Waals surface area contributed by atoms with Gasteiger partial charge in [0.2, 0.25) is 0 Å². The Morgan fingerprint density at radius 3 is 2.91 bits per heavy atom. The lowest BCUT2D eigenvalue weighted by molar-refractivity contribution is -0.149. The number of nitrogens with two attached hydrogens (primary N) is 1. The number of carbonyl (C=O) groups is 1. The maximum absolute atomic E-state index is 12.1. The average molecular weight is 316 g/mol. The zero-order valence-electron chi connectivity index (χ0n) is 12.7. The van der Waals surface area contributed by atoms with E-state index in [1.807, 2.05) is 6.92 Å². The van der Waals surface area contributed by atoms with Crippen molar-refractivity contribution < 1.29 is 18.7 Å². The molecule has 1 atom stereocenters. The first kappa shape index (κ1) is 16.7. The smallest absolute Gasteiger partial charge is 0.287 e. The number of halogens is 1. The SMILES string of the molecule is C#Cc1cnc2c(C)cc(OC(OCCCF)C(N)=O)cc2c1. The van der Waals surface area contributed by atoms with Crippen molar-refractivity contribution in [2.24, 2.45) is 5.73 Å². The number of nitrogens with zero attached hydrogens (tertiary/aromatic N) is 1. The van der Waals surface area contributed by atoms with Crippen LogP contribution >= 0.6 is 0 Å². The van der Waals surface area contributed by atoms with Crippen LogP contribution in [0.3, 0.4) is 0 Å². The summed E-state index contributed by atoms with van der Waals surface area (Å²) in [4.78, 5) is 15.7. The average Bonchev–Trinajstić information content (AvgIpc) is 2.53. The van der Waals surface area contributed by atoms with Gasteiger partial charge in [-0.2, -0.15) is 0 Å². The van der Waals surface area contributed by atoms with Crippen LogP contribution in [0.5, 0.6) is 5.75 Å².